The smallest absolute Gasteiger partial charge is 0.128 e. The molecule has 2 aromatic rings. The number of hydrogen-bond donors (Lipinski definition) is 1. The van der Waals surface area contributed by atoms with Crippen LogP contribution in [0.3, 0.4) is 0 Å². The second-order valence-electron chi connectivity index (χ2n) is 5.95. The standard InChI is InChI=1S/C16H21FN2/c1-6-18-13-9-15(16(3,4)5)19-14-8-12(17)10(2)7-11(13)14/h7-9H,6H2,1-5H3,(H,18,19). The predicted octanol–water partition coefficient (Wildman–Crippen LogP) is 4.41. The van der Waals surface area contributed by atoms with Crippen molar-refractivity contribution in [1.29, 1.82) is 0 Å². The number of aryl methyl sites for hydroxylation is 1. The van der Waals surface area contributed by atoms with Crippen molar-refractivity contribution in [2.24, 2.45) is 0 Å². The zero-order valence-corrected chi connectivity index (χ0v) is 12.3. The SMILES string of the molecule is CCNc1cc(C(C)(C)C)nc2cc(F)c(C)cc12. The Morgan fingerprint density at radius 2 is 1.89 bits per heavy atom. The minimum absolute atomic E-state index is 0.0558. The van der Waals surface area contributed by atoms with Crippen LogP contribution < -0.4 is 5.32 Å². The van der Waals surface area contributed by atoms with Crippen LogP contribution in [0.15, 0.2) is 18.2 Å². The zero-order chi connectivity index (χ0) is 14.2. The Balaban J connectivity index is 2.75. The first-order chi connectivity index (χ1) is 8.82. The van der Waals surface area contributed by atoms with Crippen molar-refractivity contribution in [2.75, 3.05) is 11.9 Å². The molecule has 3 heteroatoms. The van der Waals surface area contributed by atoms with Crippen molar-refractivity contribution >= 4 is 16.6 Å². The lowest BCUT2D eigenvalue weighted by Crippen LogP contribution is -2.14. The molecule has 1 aromatic carbocycles. The molecule has 0 spiro atoms. The summed E-state index contributed by atoms with van der Waals surface area (Å²) in [6.07, 6.45) is 0. The van der Waals surface area contributed by atoms with Crippen molar-refractivity contribution < 1.29 is 4.39 Å². The van der Waals surface area contributed by atoms with E-state index in [1.165, 1.54) is 6.07 Å². The highest BCUT2D eigenvalue weighted by atomic mass is 19.1. The lowest BCUT2D eigenvalue weighted by Gasteiger charge is -2.20. The number of benzene rings is 1. The number of aromatic nitrogens is 1. The van der Waals surface area contributed by atoms with Crippen LogP contribution in [0.2, 0.25) is 0 Å². The summed E-state index contributed by atoms with van der Waals surface area (Å²) in [5, 5.41) is 4.33. The first-order valence-corrected chi connectivity index (χ1v) is 6.68. The lowest BCUT2D eigenvalue weighted by atomic mass is 9.90. The number of anilines is 1. The van der Waals surface area contributed by atoms with Gasteiger partial charge in [-0.2, -0.15) is 0 Å². The summed E-state index contributed by atoms with van der Waals surface area (Å²) < 4.78 is 13.7. The Kier molecular flexibility index (Phi) is 3.48. The summed E-state index contributed by atoms with van der Waals surface area (Å²) in [6, 6.07) is 5.46. The highest BCUT2D eigenvalue weighted by Crippen LogP contribution is 2.30. The predicted molar refractivity (Wildman–Crippen MR) is 79.3 cm³/mol. The van der Waals surface area contributed by atoms with Gasteiger partial charge in [-0.15, -0.1) is 0 Å². The number of hydrogen-bond acceptors (Lipinski definition) is 2. The van der Waals surface area contributed by atoms with E-state index >= 15 is 0 Å². The minimum Gasteiger partial charge on any atom is -0.385 e. The van der Waals surface area contributed by atoms with Crippen LogP contribution in [-0.2, 0) is 5.41 Å². The zero-order valence-electron chi connectivity index (χ0n) is 12.3. The number of nitrogens with one attached hydrogen (secondary N) is 1. The monoisotopic (exact) mass is 260 g/mol. The molecule has 2 nitrogen and oxygen atoms in total. The van der Waals surface area contributed by atoms with Crippen LogP contribution in [0, 0.1) is 12.7 Å². The van der Waals surface area contributed by atoms with Gasteiger partial charge in [-0.25, -0.2) is 4.39 Å². The Morgan fingerprint density at radius 1 is 1.21 bits per heavy atom. The van der Waals surface area contributed by atoms with E-state index in [9.17, 15) is 4.39 Å². The molecule has 0 bridgehead atoms. The molecule has 0 saturated heterocycles. The Labute approximate surface area is 114 Å². The normalized spacial score (nSPS) is 11.9. The molecule has 102 valence electrons. The first-order valence-electron chi connectivity index (χ1n) is 6.68. The van der Waals surface area contributed by atoms with Gasteiger partial charge in [0.15, 0.2) is 0 Å². The van der Waals surface area contributed by atoms with Crippen molar-refractivity contribution in [3.8, 4) is 0 Å². The highest BCUT2D eigenvalue weighted by Gasteiger charge is 2.18. The van der Waals surface area contributed by atoms with E-state index in [0.29, 0.717) is 11.1 Å². The Bertz CT molecular complexity index is 612. The van der Waals surface area contributed by atoms with Crippen molar-refractivity contribution in [3.63, 3.8) is 0 Å². The maximum absolute atomic E-state index is 13.7. The van der Waals surface area contributed by atoms with Gasteiger partial charge >= 0.3 is 0 Å². The van der Waals surface area contributed by atoms with Gasteiger partial charge in [0, 0.05) is 34.8 Å². The van der Waals surface area contributed by atoms with E-state index in [1.54, 1.807) is 6.92 Å². The number of fused-ring (bicyclic) bond motifs is 1. The van der Waals surface area contributed by atoms with Crippen LogP contribution in [0.4, 0.5) is 10.1 Å². The van der Waals surface area contributed by atoms with Gasteiger partial charge in [-0.1, -0.05) is 20.8 Å². The fraction of sp³-hybridized carbons (Fsp3) is 0.438. The fourth-order valence-corrected chi connectivity index (χ4v) is 2.08. The Hall–Kier alpha value is -1.64. The largest absolute Gasteiger partial charge is 0.385 e. The molecule has 0 fully saturated rings. The molecule has 0 aliphatic carbocycles. The Morgan fingerprint density at radius 3 is 2.47 bits per heavy atom. The van der Waals surface area contributed by atoms with Crippen molar-refractivity contribution in [3.05, 3.63) is 35.3 Å². The van der Waals surface area contributed by atoms with E-state index in [0.717, 1.165) is 23.3 Å². The van der Waals surface area contributed by atoms with E-state index in [2.05, 4.69) is 44.1 Å². The van der Waals surface area contributed by atoms with Crippen LogP contribution in [0.25, 0.3) is 10.9 Å². The quantitative estimate of drug-likeness (QED) is 0.865. The average molecular weight is 260 g/mol. The molecule has 0 saturated carbocycles. The van der Waals surface area contributed by atoms with Crippen molar-refractivity contribution in [1.82, 2.24) is 4.98 Å². The van der Waals surface area contributed by atoms with Gasteiger partial charge in [-0.3, -0.25) is 4.98 Å². The first kappa shape index (κ1) is 13.8. The van der Waals surface area contributed by atoms with E-state index in [1.807, 2.05) is 6.07 Å². The highest BCUT2D eigenvalue weighted by molar-refractivity contribution is 5.92. The van der Waals surface area contributed by atoms with Gasteiger partial charge in [0.25, 0.3) is 0 Å². The molecule has 0 atom stereocenters. The fourth-order valence-electron chi connectivity index (χ4n) is 2.08. The molecule has 0 radical (unpaired) electrons. The second-order valence-corrected chi connectivity index (χ2v) is 5.95. The topological polar surface area (TPSA) is 24.9 Å². The number of halogens is 1. The van der Waals surface area contributed by atoms with Crippen LogP contribution in [0.1, 0.15) is 39.0 Å². The van der Waals surface area contributed by atoms with Crippen LogP contribution >= 0.6 is 0 Å². The molecule has 0 unspecified atom stereocenters. The maximum Gasteiger partial charge on any atom is 0.128 e. The van der Waals surface area contributed by atoms with E-state index in [4.69, 9.17) is 0 Å². The molecule has 0 aliphatic heterocycles. The molecule has 19 heavy (non-hydrogen) atoms. The van der Waals surface area contributed by atoms with Crippen LogP contribution in [-0.4, -0.2) is 11.5 Å². The van der Waals surface area contributed by atoms with Gasteiger partial charge in [-0.05, 0) is 31.5 Å². The molecule has 0 amide bonds. The summed E-state index contributed by atoms with van der Waals surface area (Å²) >= 11 is 0. The number of pyridine rings is 1. The molecule has 2 rings (SSSR count). The third kappa shape index (κ3) is 2.70. The molecular formula is C16H21FN2. The molecule has 1 N–H and O–H groups in total. The van der Waals surface area contributed by atoms with E-state index in [-0.39, 0.29) is 11.2 Å². The summed E-state index contributed by atoms with van der Waals surface area (Å²) in [6.45, 7) is 11.0. The van der Waals surface area contributed by atoms with Gasteiger partial charge in [0.1, 0.15) is 5.82 Å². The average Bonchev–Trinajstić information content (AvgIpc) is 2.30. The van der Waals surface area contributed by atoms with E-state index < -0.39 is 0 Å². The molecule has 0 aliphatic rings. The summed E-state index contributed by atoms with van der Waals surface area (Å²) in [7, 11) is 0. The summed E-state index contributed by atoms with van der Waals surface area (Å²) in [4.78, 5) is 4.61. The molecule has 1 heterocycles. The van der Waals surface area contributed by atoms with Crippen molar-refractivity contribution in [2.45, 2.75) is 40.0 Å². The third-order valence-electron chi connectivity index (χ3n) is 3.22. The summed E-state index contributed by atoms with van der Waals surface area (Å²) in [5.74, 6) is -0.200. The molecular weight excluding hydrogens is 239 g/mol. The van der Waals surface area contributed by atoms with Gasteiger partial charge in [0.2, 0.25) is 0 Å². The number of rotatable bonds is 2. The second kappa shape index (κ2) is 4.80. The lowest BCUT2D eigenvalue weighted by molar-refractivity contribution is 0.571. The maximum atomic E-state index is 13.7. The minimum atomic E-state index is -0.200. The summed E-state index contributed by atoms with van der Waals surface area (Å²) in [5.41, 5.74) is 3.31. The third-order valence-corrected chi connectivity index (χ3v) is 3.22. The van der Waals surface area contributed by atoms with Crippen LogP contribution in [0.5, 0.6) is 0 Å². The van der Waals surface area contributed by atoms with Gasteiger partial charge in [0.05, 0.1) is 5.52 Å². The molecule has 1 aromatic heterocycles. The van der Waals surface area contributed by atoms with Gasteiger partial charge < -0.3 is 5.32 Å². The number of nitrogens with zero attached hydrogens (tertiary/aromatic N) is 1.